The number of hydrogen-bond acceptors (Lipinski definition) is 9. The Morgan fingerprint density at radius 1 is 0.871 bits per heavy atom. The van der Waals surface area contributed by atoms with Crippen LogP contribution in [-0.2, 0) is 11.5 Å². The molecule has 0 amide bonds. The van der Waals surface area contributed by atoms with E-state index in [0.717, 1.165) is 33.2 Å². The van der Waals surface area contributed by atoms with Crippen molar-refractivity contribution in [1.29, 1.82) is 0 Å². The van der Waals surface area contributed by atoms with Gasteiger partial charge >= 0.3 is 5.63 Å². The summed E-state index contributed by atoms with van der Waals surface area (Å²) in [7, 11) is 0. The first-order valence-electron chi connectivity index (χ1n) is 9.53. The molecule has 2 aromatic carbocycles. The van der Waals surface area contributed by atoms with Gasteiger partial charge in [0.05, 0.1) is 5.75 Å². The normalized spacial score (nSPS) is 11.5. The van der Waals surface area contributed by atoms with Crippen LogP contribution in [0.25, 0.3) is 22.1 Å². The van der Waals surface area contributed by atoms with Crippen molar-refractivity contribution < 1.29 is 13.3 Å². The van der Waals surface area contributed by atoms with Crippen molar-refractivity contribution in [3.05, 3.63) is 75.5 Å². The van der Waals surface area contributed by atoms with Gasteiger partial charge in [-0.05, 0) is 48.7 Å². The van der Waals surface area contributed by atoms with Crippen molar-refractivity contribution in [3.8, 4) is 0 Å². The number of benzene rings is 2. The molecule has 0 radical (unpaired) electrons. The smallest absolute Gasteiger partial charge is 0.336 e. The molecule has 0 spiro atoms. The molecule has 0 N–H and O–H groups in total. The molecule has 5 rings (SSSR count). The van der Waals surface area contributed by atoms with Gasteiger partial charge in [0.2, 0.25) is 5.89 Å². The van der Waals surface area contributed by atoms with Crippen molar-refractivity contribution in [2.24, 2.45) is 0 Å². The van der Waals surface area contributed by atoms with E-state index in [1.165, 1.54) is 29.6 Å². The van der Waals surface area contributed by atoms with Crippen LogP contribution in [0, 0.1) is 13.8 Å². The van der Waals surface area contributed by atoms with E-state index in [2.05, 4.69) is 21.2 Å². The number of thioether (sulfide) groups is 2. The second-order valence-electron chi connectivity index (χ2n) is 7.03. The minimum atomic E-state index is -0.367. The number of oxazole rings is 1. The molecule has 31 heavy (non-hydrogen) atoms. The first kappa shape index (κ1) is 19.9. The Morgan fingerprint density at radius 3 is 2.58 bits per heavy atom. The van der Waals surface area contributed by atoms with Crippen molar-refractivity contribution in [2.45, 2.75) is 35.8 Å². The summed E-state index contributed by atoms with van der Waals surface area (Å²) in [5.41, 5.74) is 4.80. The van der Waals surface area contributed by atoms with Crippen molar-refractivity contribution >= 4 is 45.6 Å². The SMILES string of the molecule is Cc1cc(C)c2c(CSc3nnc(CSc4nc5ccccc5o4)o3)cc(=O)oc2c1. The molecule has 3 heterocycles. The Bertz CT molecular complexity index is 1420. The lowest BCUT2D eigenvalue weighted by atomic mass is 10.0. The van der Waals surface area contributed by atoms with Gasteiger partial charge in [-0.2, -0.15) is 0 Å². The van der Waals surface area contributed by atoms with Gasteiger partial charge in [-0.1, -0.05) is 41.7 Å². The van der Waals surface area contributed by atoms with Gasteiger partial charge in [0.1, 0.15) is 11.1 Å². The quantitative estimate of drug-likeness (QED) is 0.244. The lowest BCUT2D eigenvalue weighted by Gasteiger charge is -2.08. The maximum Gasteiger partial charge on any atom is 0.336 e. The highest BCUT2D eigenvalue weighted by Gasteiger charge is 2.14. The van der Waals surface area contributed by atoms with Crippen LogP contribution in [0.15, 0.2) is 71.0 Å². The molecule has 0 aliphatic heterocycles. The number of aryl methyl sites for hydroxylation is 2. The molecule has 7 nitrogen and oxygen atoms in total. The molecule has 0 atom stereocenters. The average Bonchev–Trinajstić information content (AvgIpc) is 3.36. The summed E-state index contributed by atoms with van der Waals surface area (Å²) in [5.74, 6) is 1.46. The van der Waals surface area contributed by atoms with E-state index in [9.17, 15) is 4.79 Å². The van der Waals surface area contributed by atoms with Gasteiger partial charge < -0.3 is 13.3 Å². The molecule has 0 saturated carbocycles. The van der Waals surface area contributed by atoms with Crippen LogP contribution >= 0.6 is 23.5 Å². The van der Waals surface area contributed by atoms with Gasteiger partial charge in [0.25, 0.3) is 10.4 Å². The molecule has 9 heteroatoms. The fourth-order valence-electron chi connectivity index (χ4n) is 3.42. The van der Waals surface area contributed by atoms with Crippen molar-refractivity contribution in [1.82, 2.24) is 15.2 Å². The third-order valence-electron chi connectivity index (χ3n) is 4.66. The van der Waals surface area contributed by atoms with E-state index in [1.807, 2.05) is 44.2 Å². The molecule has 0 fully saturated rings. The molecular weight excluding hydrogens is 434 g/mol. The summed E-state index contributed by atoms with van der Waals surface area (Å²) in [4.78, 5) is 16.4. The molecule has 0 bridgehead atoms. The lowest BCUT2D eigenvalue weighted by molar-refractivity contribution is 0.425. The Hall–Kier alpha value is -3.04. The van der Waals surface area contributed by atoms with Crippen LogP contribution in [0.3, 0.4) is 0 Å². The fraction of sp³-hybridized carbons (Fsp3) is 0.182. The maximum absolute atomic E-state index is 12.0. The van der Waals surface area contributed by atoms with Gasteiger partial charge in [0.15, 0.2) is 5.58 Å². The van der Waals surface area contributed by atoms with Crippen molar-refractivity contribution in [2.75, 3.05) is 0 Å². The maximum atomic E-state index is 12.0. The minimum Gasteiger partial charge on any atom is -0.431 e. The van der Waals surface area contributed by atoms with Crippen LogP contribution in [-0.4, -0.2) is 15.2 Å². The van der Waals surface area contributed by atoms with E-state index >= 15 is 0 Å². The zero-order chi connectivity index (χ0) is 21.4. The molecule has 156 valence electrons. The summed E-state index contributed by atoms with van der Waals surface area (Å²) in [6.07, 6.45) is 0. The second kappa shape index (κ2) is 8.24. The Kier molecular flexibility index (Phi) is 5.29. The number of para-hydroxylation sites is 2. The van der Waals surface area contributed by atoms with Crippen molar-refractivity contribution in [3.63, 3.8) is 0 Å². The fourth-order valence-corrected chi connectivity index (χ4v) is 4.85. The molecule has 0 aliphatic rings. The number of rotatable bonds is 6. The monoisotopic (exact) mass is 451 g/mol. The third-order valence-corrected chi connectivity index (χ3v) is 6.34. The summed E-state index contributed by atoms with van der Waals surface area (Å²) in [6, 6.07) is 13.1. The van der Waals surface area contributed by atoms with E-state index < -0.39 is 0 Å². The largest absolute Gasteiger partial charge is 0.431 e. The number of fused-ring (bicyclic) bond motifs is 2. The van der Waals surface area contributed by atoms with E-state index in [1.54, 1.807) is 0 Å². The zero-order valence-electron chi connectivity index (χ0n) is 16.7. The second-order valence-corrected chi connectivity index (χ2v) is 8.89. The first-order valence-corrected chi connectivity index (χ1v) is 11.5. The van der Waals surface area contributed by atoms with Crippen LogP contribution < -0.4 is 5.63 Å². The Balaban J connectivity index is 1.28. The predicted octanol–water partition coefficient (Wildman–Crippen LogP) is 5.52. The predicted molar refractivity (Wildman–Crippen MR) is 119 cm³/mol. The highest BCUT2D eigenvalue weighted by Crippen LogP contribution is 2.30. The summed E-state index contributed by atoms with van der Waals surface area (Å²) in [6.45, 7) is 3.99. The standard InChI is InChI=1S/C22H17N3O4S2/c1-12-7-13(2)20-14(9-19(26)27-17(20)8-12)10-30-22-25-24-18(29-22)11-31-21-23-15-5-3-4-6-16(15)28-21/h3-9H,10-11H2,1-2H3. The van der Waals surface area contributed by atoms with Gasteiger partial charge in [-0.25, -0.2) is 9.78 Å². The van der Waals surface area contributed by atoms with Crippen LogP contribution in [0.2, 0.25) is 0 Å². The minimum absolute atomic E-state index is 0.367. The number of hydrogen-bond donors (Lipinski definition) is 0. The summed E-state index contributed by atoms with van der Waals surface area (Å²) in [5, 5.41) is 10.2. The highest BCUT2D eigenvalue weighted by atomic mass is 32.2. The summed E-state index contributed by atoms with van der Waals surface area (Å²) >= 11 is 2.78. The number of nitrogens with zero attached hydrogens (tertiary/aromatic N) is 3. The molecule has 5 aromatic rings. The van der Waals surface area contributed by atoms with Crippen LogP contribution in [0.1, 0.15) is 22.6 Å². The topological polar surface area (TPSA) is 95.2 Å². The lowest BCUT2D eigenvalue weighted by Crippen LogP contribution is -2.01. The summed E-state index contributed by atoms with van der Waals surface area (Å²) < 4.78 is 16.8. The highest BCUT2D eigenvalue weighted by molar-refractivity contribution is 7.98. The Morgan fingerprint density at radius 2 is 1.71 bits per heavy atom. The zero-order valence-corrected chi connectivity index (χ0v) is 18.4. The molecule has 3 aromatic heterocycles. The third kappa shape index (κ3) is 4.24. The van der Waals surface area contributed by atoms with Gasteiger partial charge in [0, 0.05) is 17.2 Å². The molecular formula is C22H17N3O4S2. The number of aromatic nitrogens is 3. The average molecular weight is 452 g/mol. The van der Waals surface area contributed by atoms with Crippen LogP contribution in [0.5, 0.6) is 0 Å². The van der Waals surface area contributed by atoms with E-state index in [-0.39, 0.29) is 5.63 Å². The first-order chi connectivity index (χ1) is 15.0. The van der Waals surface area contributed by atoms with Gasteiger partial charge in [-0.3, -0.25) is 0 Å². The molecule has 0 aliphatic carbocycles. The van der Waals surface area contributed by atoms with Crippen LogP contribution in [0.4, 0.5) is 0 Å². The Labute approximate surface area is 185 Å². The van der Waals surface area contributed by atoms with E-state index in [4.69, 9.17) is 13.3 Å². The molecule has 0 unspecified atom stereocenters. The van der Waals surface area contributed by atoms with E-state index in [0.29, 0.717) is 33.4 Å². The van der Waals surface area contributed by atoms with Gasteiger partial charge in [-0.15, -0.1) is 10.2 Å². The molecule has 0 saturated heterocycles.